The van der Waals surface area contributed by atoms with Gasteiger partial charge in [0.15, 0.2) is 17.4 Å². The second kappa shape index (κ2) is 13.4. The molecule has 4 amide bonds. The van der Waals surface area contributed by atoms with Crippen LogP contribution in [0, 0.1) is 0 Å². The van der Waals surface area contributed by atoms with Crippen LogP contribution in [-0.4, -0.2) is 62.5 Å². The summed E-state index contributed by atoms with van der Waals surface area (Å²) < 4.78 is 12.1. The fraction of sp³-hybridized carbons (Fsp3) is 0.308. The van der Waals surface area contributed by atoms with Crippen LogP contribution >= 0.6 is 0 Å². The Morgan fingerprint density at radius 1 is 0.863 bits per heavy atom. The van der Waals surface area contributed by atoms with E-state index < -0.39 is 29.7 Å². The second-order valence-electron chi connectivity index (χ2n) is 13.6. The first-order valence-corrected chi connectivity index (χ1v) is 17.0. The number of imide groups is 2. The van der Waals surface area contributed by atoms with Crippen molar-refractivity contribution in [2.24, 2.45) is 0 Å². The molecule has 51 heavy (non-hydrogen) atoms. The molecule has 1 saturated heterocycles. The molecule has 2 N–H and O–H groups in total. The quantitative estimate of drug-likeness (QED) is 0.150. The van der Waals surface area contributed by atoms with Gasteiger partial charge in [-0.2, -0.15) is 0 Å². The maximum Gasteiger partial charge on any atom is 0.262 e. The number of nitrogens with zero attached hydrogens (tertiary/aromatic N) is 3. The lowest BCUT2D eigenvalue weighted by atomic mass is 9.78. The normalized spacial score (nSPS) is 20.0. The van der Waals surface area contributed by atoms with Crippen molar-refractivity contribution in [3.8, 4) is 17.2 Å². The van der Waals surface area contributed by atoms with Crippen LogP contribution in [0.15, 0.2) is 79.1 Å². The number of anilines is 1. The van der Waals surface area contributed by atoms with Gasteiger partial charge in [-0.3, -0.25) is 34.2 Å². The van der Waals surface area contributed by atoms with Gasteiger partial charge in [-0.1, -0.05) is 45.0 Å². The molecule has 3 aromatic carbocycles. The third-order valence-electron chi connectivity index (χ3n) is 9.79. The van der Waals surface area contributed by atoms with E-state index in [4.69, 9.17) is 9.47 Å². The number of carbonyl (C=O) groups is 5. The number of benzene rings is 3. The summed E-state index contributed by atoms with van der Waals surface area (Å²) in [5, 5.41) is 5.64. The minimum absolute atomic E-state index is 0.0308. The lowest BCUT2D eigenvalue weighted by Crippen LogP contribution is -2.54. The molecule has 1 saturated carbocycles. The zero-order valence-corrected chi connectivity index (χ0v) is 28.5. The molecule has 1 unspecified atom stereocenters. The number of carbonyl (C=O) groups excluding carboxylic acids is 5. The first kappa shape index (κ1) is 33.6. The summed E-state index contributed by atoms with van der Waals surface area (Å²) in [5.41, 5.74) is 3.16. The third-order valence-corrected chi connectivity index (χ3v) is 9.79. The number of piperidine rings is 1. The highest BCUT2D eigenvalue weighted by Crippen LogP contribution is 2.36. The number of hydrogen-bond acceptors (Lipinski definition) is 10. The molecule has 4 aromatic rings. The Balaban J connectivity index is 0.907. The van der Waals surface area contributed by atoms with Crippen LogP contribution < -0.4 is 20.1 Å². The summed E-state index contributed by atoms with van der Waals surface area (Å²) >= 11 is 0. The van der Waals surface area contributed by atoms with Gasteiger partial charge >= 0.3 is 0 Å². The number of amides is 4. The van der Waals surface area contributed by atoms with Crippen molar-refractivity contribution >= 4 is 35.1 Å². The van der Waals surface area contributed by atoms with E-state index in [2.05, 4.69) is 46.6 Å². The molecule has 0 spiro atoms. The fourth-order valence-electron chi connectivity index (χ4n) is 6.63. The number of ketones is 1. The van der Waals surface area contributed by atoms with Crippen LogP contribution in [0.2, 0.25) is 0 Å². The molecule has 1 atom stereocenters. The van der Waals surface area contributed by atoms with Gasteiger partial charge in [-0.25, -0.2) is 9.97 Å². The number of rotatable bonds is 11. The molecule has 12 heteroatoms. The molecule has 1 aliphatic carbocycles. The topological polar surface area (TPSA) is 157 Å². The van der Waals surface area contributed by atoms with Crippen LogP contribution in [0.3, 0.4) is 0 Å². The van der Waals surface area contributed by atoms with E-state index in [9.17, 15) is 24.0 Å². The maximum absolute atomic E-state index is 13.2. The lowest BCUT2D eigenvalue weighted by molar-refractivity contribution is -0.136. The number of nitrogens with one attached hydrogen (secondary N) is 2. The van der Waals surface area contributed by atoms with Crippen LogP contribution in [0.5, 0.6) is 17.2 Å². The molecule has 7 rings (SSSR count). The zero-order valence-electron chi connectivity index (χ0n) is 28.5. The standard InChI is InChI=1S/C39H37N5O7/c1-4-33(45)35-40-20-29(21-41-35)51-27-12-7-23(8-13-27)39(2,3)22-5-10-26(11-6-22)50-28-17-25(18-28)42-24-9-14-30-31(19-24)38(49)44(37(30)48)32-15-16-34(46)43-36(32)47/h5-14,19-21,25,28,32,42H,4,15-18H2,1-3H3,(H,43,46,47). The van der Waals surface area contributed by atoms with Crippen molar-refractivity contribution in [1.29, 1.82) is 0 Å². The van der Waals surface area contributed by atoms with Gasteiger partial charge < -0.3 is 14.8 Å². The minimum atomic E-state index is -0.991. The molecule has 0 bridgehead atoms. The van der Waals surface area contributed by atoms with E-state index in [-0.39, 0.29) is 53.1 Å². The molecule has 3 aliphatic rings. The summed E-state index contributed by atoms with van der Waals surface area (Å²) in [5.74, 6) is -0.138. The summed E-state index contributed by atoms with van der Waals surface area (Å²) in [6.45, 7) is 6.09. The van der Waals surface area contributed by atoms with Crippen LogP contribution in [0.1, 0.15) is 95.3 Å². The summed E-state index contributed by atoms with van der Waals surface area (Å²) in [6, 6.07) is 20.1. The van der Waals surface area contributed by atoms with Crippen LogP contribution in [0.4, 0.5) is 5.69 Å². The fourth-order valence-corrected chi connectivity index (χ4v) is 6.63. The van der Waals surface area contributed by atoms with E-state index >= 15 is 0 Å². The third kappa shape index (κ3) is 6.69. The Kier molecular flexibility index (Phi) is 8.84. The van der Waals surface area contributed by atoms with E-state index in [0.29, 0.717) is 23.6 Å². The van der Waals surface area contributed by atoms with Crippen LogP contribution in [-0.2, 0) is 15.0 Å². The van der Waals surface area contributed by atoms with Gasteiger partial charge in [0.05, 0.1) is 23.5 Å². The van der Waals surface area contributed by atoms with Crippen molar-refractivity contribution in [2.75, 3.05) is 5.32 Å². The highest BCUT2D eigenvalue weighted by Gasteiger charge is 2.45. The van der Waals surface area contributed by atoms with Crippen LogP contribution in [0.25, 0.3) is 0 Å². The Hall–Kier alpha value is -5.91. The average Bonchev–Trinajstić information content (AvgIpc) is 3.36. The van der Waals surface area contributed by atoms with E-state index in [1.165, 1.54) is 12.4 Å². The highest BCUT2D eigenvalue weighted by atomic mass is 16.5. The smallest absolute Gasteiger partial charge is 0.262 e. The predicted octanol–water partition coefficient (Wildman–Crippen LogP) is 5.61. The van der Waals surface area contributed by atoms with Gasteiger partial charge in [0.1, 0.15) is 23.6 Å². The highest BCUT2D eigenvalue weighted by molar-refractivity contribution is 6.23. The molecule has 2 fully saturated rings. The maximum atomic E-state index is 13.2. The van der Waals surface area contributed by atoms with Crippen molar-refractivity contribution in [3.63, 3.8) is 0 Å². The van der Waals surface area contributed by atoms with Gasteiger partial charge in [-0.15, -0.1) is 0 Å². The van der Waals surface area contributed by atoms with Gasteiger partial charge in [0.25, 0.3) is 11.8 Å². The zero-order chi connectivity index (χ0) is 35.9. The molecule has 260 valence electrons. The monoisotopic (exact) mass is 687 g/mol. The second-order valence-corrected chi connectivity index (χ2v) is 13.6. The Morgan fingerprint density at radius 2 is 1.49 bits per heavy atom. The van der Waals surface area contributed by atoms with E-state index in [1.807, 2.05) is 36.4 Å². The van der Waals surface area contributed by atoms with E-state index in [1.54, 1.807) is 25.1 Å². The Labute approximate surface area is 294 Å². The summed E-state index contributed by atoms with van der Waals surface area (Å²) in [7, 11) is 0. The molecule has 2 aliphatic heterocycles. The number of fused-ring (bicyclic) bond motifs is 1. The predicted molar refractivity (Wildman–Crippen MR) is 186 cm³/mol. The first-order valence-electron chi connectivity index (χ1n) is 17.0. The SMILES string of the molecule is CCC(=O)c1ncc(Oc2ccc(C(C)(C)c3ccc(OC4CC(Nc5ccc6c(c5)C(=O)N(C5CCC(=O)NC5=O)C6=O)C4)cc3)cc2)cn1. The molecule has 12 nitrogen and oxygen atoms in total. The van der Waals surface area contributed by atoms with E-state index in [0.717, 1.165) is 34.6 Å². The molecule has 0 radical (unpaired) electrons. The molecule has 1 aromatic heterocycles. The minimum Gasteiger partial charge on any atom is -0.490 e. The van der Waals surface area contributed by atoms with Crippen molar-refractivity contribution in [2.45, 2.75) is 76.5 Å². The molecule has 3 heterocycles. The largest absolute Gasteiger partial charge is 0.490 e. The summed E-state index contributed by atoms with van der Waals surface area (Å²) in [4.78, 5) is 71.0. The number of Topliss-reactive ketones (excluding diaryl/α,β-unsaturated/α-hetero) is 1. The van der Waals surface area contributed by atoms with Gasteiger partial charge in [-0.05, 0) is 60.0 Å². The Bertz CT molecular complexity index is 2020. The van der Waals surface area contributed by atoms with Gasteiger partial charge in [0.2, 0.25) is 11.8 Å². The first-order chi connectivity index (χ1) is 24.5. The average molecular weight is 688 g/mol. The molecular formula is C39H37N5O7. The number of aromatic nitrogens is 2. The lowest BCUT2D eigenvalue weighted by Gasteiger charge is -2.36. The van der Waals surface area contributed by atoms with Crippen molar-refractivity contribution < 1.29 is 33.4 Å². The number of ether oxygens (including phenoxy) is 2. The number of hydrogen-bond donors (Lipinski definition) is 2. The summed E-state index contributed by atoms with van der Waals surface area (Å²) in [6.07, 6.45) is 5.10. The Morgan fingerprint density at radius 3 is 2.12 bits per heavy atom. The van der Waals surface area contributed by atoms with Gasteiger partial charge in [0, 0.05) is 42.8 Å². The van der Waals surface area contributed by atoms with Crippen molar-refractivity contribution in [3.05, 3.63) is 107 Å². The van der Waals surface area contributed by atoms with Crippen molar-refractivity contribution in [1.82, 2.24) is 20.2 Å². The molecular weight excluding hydrogens is 650 g/mol.